The second-order valence-corrected chi connectivity index (χ2v) is 9.65. The van der Waals surface area contributed by atoms with Crippen LogP contribution in [0.15, 0.2) is 29.4 Å². The minimum Gasteiger partial charge on any atom is -0.293 e. The fraction of sp³-hybridized carbons (Fsp3) is 0.333. The summed E-state index contributed by atoms with van der Waals surface area (Å²) in [5.41, 5.74) is 3.94. The number of carbonyl (C=O) groups is 1. The van der Waals surface area contributed by atoms with Gasteiger partial charge in [0.1, 0.15) is 0 Å². The van der Waals surface area contributed by atoms with Gasteiger partial charge in [0.05, 0.1) is 17.7 Å². The summed E-state index contributed by atoms with van der Waals surface area (Å²) in [5.74, 6) is 0.689. The lowest BCUT2D eigenvalue weighted by molar-refractivity contribution is 0.102. The maximum Gasteiger partial charge on any atom is 0.256 e. The number of thioether (sulfide) groups is 1. The highest BCUT2D eigenvalue weighted by atomic mass is 32.2. The van der Waals surface area contributed by atoms with Crippen molar-refractivity contribution in [1.29, 1.82) is 0 Å². The van der Waals surface area contributed by atoms with Crippen LogP contribution in [-0.4, -0.2) is 52.3 Å². The number of hydrogen-bond acceptors (Lipinski definition) is 7. The van der Waals surface area contributed by atoms with Crippen LogP contribution in [0.1, 0.15) is 27.3 Å². The van der Waals surface area contributed by atoms with E-state index in [1.54, 1.807) is 18.2 Å². The molecular formula is C18H19N5O3S2. The van der Waals surface area contributed by atoms with Crippen molar-refractivity contribution in [2.75, 3.05) is 22.9 Å². The molecule has 0 saturated carbocycles. The Bertz CT molecular complexity index is 1200. The van der Waals surface area contributed by atoms with E-state index in [2.05, 4.69) is 15.2 Å². The van der Waals surface area contributed by atoms with E-state index in [0.29, 0.717) is 35.2 Å². The van der Waals surface area contributed by atoms with E-state index in [4.69, 9.17) is 0 Å². The molecule has 0 aliphatic carbocycles. The van der Waals surface area contributed by atoms with Crippen LogP contribution in [0, 0.1) is 13.8 Å². The van der Waals surface area contributed by atoms with E-state index in [1.807, 2.05) is 24.3 Å². The first-order valence-electron chi connectivity index (χ1n) is 8.70. The molecule has 3 aromatic rings. The van der Waals surface area contributed by atoms with Gasteiger partial charge in [-0.2, -0.15) is 0 Å². The molecule has 146 valence electrons. The molecule has 0 N–H and O–H groups in total. The third-order valence-electron chi connectivity index (χ3n) is 4.65. The van der Waals surface area contributed by atoms with Gasteiger partial charge in [-0.25, -0.2) is 13.4 Å². The topological polar surface area (TPSA) is 97.5 Å². The molecule has 0 radical (unpaired) electrons. The number of fused-ring (bicyclic) bond motifs is 2. The highest BCUT2D eigenvalue weighted by molar-refractivity contribution is 7.99. The first-order valence-corrected chi connectivity index (χ1v) is 11.5. The quantitative estimate of drug-likeness (QED) is 0.463. The lowest BCUT2D eigenvalue weighted by Gasteiger charge is -2.16. The molecule has 8 nitrogen and oxygen atoms in total. The number of aromatic nitrogens is 4. The molecule has 4 rings (SSSR count). The van der Waals surface area contributed by atoms with Gasteiger partial charge in [-0.05, 0) is 50.1 Å². The third-order valence-corrected chi connectivity index (χ3v) is 6.76. The monoisotopic (exact) mass is 417 g/mol. The van der Waals surface area contributed by atoms with Gasteiger partial charge in [0.25, 0.3) is 5.78 Å². The Hall–Kier alpha value is -2.46. The first-order chi connectivity index (χ1) is 13.2. The number of carbonyl (C=O) groups excluding carboxylic acids is 1. The summed E-state index contributed by atoms with van der Waals surface area (Å²) in [7, 11) is -3.30. The number of ketones is 1. The normalized spacial score (nSPS) is 13.9. The van der Waals surface area contributed by atoms with Gasteiger partial charge in [0, 0.05) is 23.5 Å². The fourth-order valence-corrected chi connectivity index (χ4v) is 5.24. The highest BCUT2D eigenvalue weighted by Crippen LogP contribution is 2.31. The van der Waals surface area contributed by atoms with Gasteiger partial charge in [-0.1, -0.05) is 11.8 Å². The second-order valence-electron chi connectivity index (χ2n) is 6.80. The zero-order valence-electron chi connectivity index (χ0n) is 15.7. The summed E-state index contributed by atoms with van der Waals surface area (Å²) >= 11 is 1.31. The number of sulfonamides is 1. The average molecular weight is 418 g/mol. The van der Waals surface area contributed by atoms with Crippen molar-refractivity contribution in [2.45, 2.75) is 25.4 Å². The summed E-state index contributed by atoms with van der Waals surface area (Å²) in [4.78, 5) is 17.0. The largest absolute Gasteiger partial charge is 0.293 e. The molecule has 28 heavy (non-hydrogen) atoms. The lowest BCUT2D eigenvalue weighted by Crippen LogP contribution is -2.27. The van der Waals surface area contributed by atoms with Crippen LogP contribution in [-0.2, 0) is 16.4 Å². The Kier molecular flexibility index (Phi) is 4.62. The molecule has 2 aromatic heterocycles. The van der Waals surface area contributed by atoms with E-state index < -0.39 is 10.0 Å². The Balaban J connectivity index is 1.53. The second kappa shape index (κ2) is 6.85. The molecule has 0 amide bonds. The number of anilines is 1. The maximum atomic E-state index is 12.7. The standard InChI is InChI=1S/C18H19N5O3S2/c1-11-8-12(2)23-17(19-11)20-21-18(23)27-10-16(24)14-4-5-15-13(9-14)6-7-22(15)28(3,25)26/h4-5,8-9H,6-7,10H2,1-3H3. The minimum absolute atomic E-state index is 0.0416. The van der Waals surface area contributed by atoms with Gasteiger partial charge in [0.15, 0.2) is 10.9 Å². The van der Waals surface area contributed by atoms with Gasteiger partial charge in [-0.15, -0.1) is 10.2 Å². The summed E-state index contributed by atoms with van der Waals surface area (Å²) in [6.45, 7) is 4.26. The molecule has 0 spiro atoms. The molecule has 0 atom stereocenters. The molecular weight excluding hydrogens is 398 g/mol. The van der Waals surface area contributed by atoms with Crippen LogP contribution in [0.2, 0.25) is 0 Å². The minimum atomic E-state index is -3.30. The van der Waals surface area contributed by atoms with Crippen LogP contribution < -0.4 is 4.31 Å². The first kappa shape index (κ1) is 18.9. The van der Waals surface area contributed by atoms with Crippen LogP contribution in [0.4, 0.5) is 5.69 Å². The van der Waals surface area contributed by atoms with Crippen molar-refractivity contribution in [3.63, 3.8) is 0 Å². The Labute approximate surface area is 167 Å². The van der Waals surface area contributed by atoms with Crippen molar-refractivity contribution in [3.05, 3.63) is 46.8 Å². The SMILES string of the molecule is Cc1cc(C)n2c(SCC(=O)c3ccc4c(c3)CCN4S(C)(=O)=O)nnc2n1. The van der Waals surface area contributed by atoms with E-state index in [9.17, 15) is 13.2 Å². The molecule has 0 unspecified atom stereocenters. The number of aryl methyl sites for hydroxylation is 2. The number of hydrogen-bond donors (Lipinski definition) is 0. The molecule has 0 bridgehead atoms. The third kappa shape index (κ3) is 3.37. The van der Waals surface area contributed by atoms with Crippen molar-refractivity contribution in [1.82, 2.24) is 19.6 Å². The summed E-state index contributed by atoms with van der Waals surface area (Å²) in [6.07, 6.45) is 1.80. The zero-order chi connectivity index (χ0) is 20.1. The van der Waals surface area contributed by atoms with E-state index in [0.717, 1.165) is 17.0 Å². The average Bonchev–Trinajstić information content (AvgIpc) is 3.22. The summed E-state index contributed by atoms with van der Waals surface area (Å²) < 4.78 is 26.9. The zero-order valence-corrected chi connectivity index (χ0v) is 17.3. The summed E-state index contributed by atoms with van der Waals surface area (Å²) in [5, 5.41) is 8.85. The van der Waals surface area contributed by atoms with Crippen LogP contribution in [0.5, 0.6) is 0 Å². The number of benzene rings is 1. The van der Waals surface area contributed by atoms with Crippen molar-refractivity contribution >= 4 is 39.0 Å². The molecule has 1 aliphatic heterocycles. The smallest absolute Gasteiger partial charge is 0.256 e. The Morgan fingerprint density at radius 2 is 2.00 bits per heavy atom. The predicted molar refractivity (Wildman–Crippen MR) is 108 cm³/mol. The van der Waals surface area contributed by atoms with Crippen molar-refractivity contribution in [3.8, 4) is 0 Å². The fourth-order valence-electron chi connectivity index (χ4n) is 3.40. The van der Waals surface area contributed by atoms with Crippen molar-refractivity contribution < 1.29 is 13.2 Å². The summed E-state index contributed by atoms with van der Waals surface area (Å²) in [6, 6.07) is 7.13. The predicted octanol–water partition coefficient (Wildman–Crippen LogP) is 2.04. The van der Waals surface area contributed by atoms with Gasteiger partial charge in [-0.3, -0.25) is 13.5 Å². The van der Waals surface area contributed by atoms with Crippen LogP contribution in [0.25, 0.3) is 5.78 Å². The molecule has 10 heteroatoms. The number of Topliss-reactive ketones (excluding diaryl/α,β-unsaturated/α-hetero) is 1. The molecule has 3 heterocycles. The van der Waals surface area contributed by atoms with E-state index >= 15 is 0 Å². The molecule has 1 aliphatic rings. The van der Waals surface area contributed by atoms with E-state index in [-0.39, 0.29) is 11.5 Å². The Morgan fingerprint density at radius 1 is 1.21 bits per heavy atom. The lowest BCUT2D eigenvalue weighted by atomic mass is 10.1. The molecule has 0 fully saturated rings. The molecule has 1 aromatic carbocycles. The van der Waals surface area contributed by atoms with Crippen molar-refractivity contribution in [2.24, 2.45) is 0 Å². The van der Waals surface area contributed by atoms with Gasteiger partial charge >= 0.3 is 0 Å². The highest BCUT2D eigenvalue weighted by Gasteiger charge is 2.26. The number of rotatable bonds is 5. The van der Waals surface area contributed by atoms with E-state index in [1.165, 1.54) is 22.3 Å². The molecule has 0 saturated heterocycles. The number of nitrogens with zero attached hydrogens (tertiary/aromatic N) is 5. The Morgan fingerprint density at radius 3 is 2.75 bits per heavy atom. The van der Waals surface area contributed by atoms with Gasteiger partial charge < -0.3 is 0 Å². The van der Waals surface area contributed by atoms with Gasteiger partial charge in [0.2, 0.25) is 10.0 Å². The van der Waals surface area contributed by atoms with Crippen LogP contribution >= 0.6 is 11.8 Å². The van der Waals surface area contributed by atoms with Crippen LogP contribution in [0.3, 0.4) is 0 Å². The maximum absolute atomic E-state index is 12.7.